The summed E-state index contributed by atoms with van der Waals surface area (Å²) in [5.41, 5.74) is -1.87. The van der Waals surface area contributed by atoms with Gasteiger partial charge in [-0.25, -0.2) is 13.2 Å². The maximum Gasteiger partial charge on any atom is 0.315 e. The van der Waals surface area contributed by atoms with Crippen molar-refractivity contribution in [2.24, 2.45) is 28.6 Å². The number of sulfone groups is 1. The van der Waals surface area contributed by atoms with Gasteiger partial charge < -0.3 is 26.2 Å². The monoisotopic (exact) mass is 715 g/mol. The van der Waals surface area contributed by atoms with Gasteiger partial charge in [-0.2, -0.15) is 0 Å². The summed E-state index contributed by atoms with van der Waals surface area (Å²) >= 11 is 0. The molecule has 2 saturated heterocycles. The smallest absolute Gasteiger partial charge is 0.315 e. The molecular formula is C37H57N5O7S. The average molecular weight is 716 g/mol. The van der Waals surface area contributed by atoms with Gasteiger partial charge in [0, 0.05) is 6.54 Å². The Morgan fingerprint density at radius 2 is 1.64 bits per heavy atom. The van der Waals surface area contributed by atoms with Crippen LogP contribution in [0.3, 0.4) is 0 Å². The van der Waals surface area contributed by atoms with E-state index in [-0.39, 0.29) is 29.5 Å². The summed E-state index contributed by atoms with van der Waals surface area (Å²) in [5.74, 6) is 0.238. The van der Waals surface area contributed by atoms with E-state index < -0.39 is 73.7 Å². The molecule has 0 spiro atoms. The lowest BCUT2D eigenvalue weighted by molar-refractivity contribution is -0.145. The van der Waals surface area contributed by atoms with Crippen molar-refractivity contribution < 1.29 is 32.4 Å². The Morgan fingerprint density at radius 1 is 0.960 bits per heavy atom. The van der Waals surface area contributed by atoms with Crippen LogP contribution in [0.25, 0.3) is 0 Å². The Kier molecular flexibility index (Phi) is 11.0. The second kappa shape index (κ2) is 14.5. The molecule has 5 aliphatic rings. The maximum atomic E-state index is 14.5. The second-order valence-electron chi connectivity index (χ2n) is 17.2. The summed E-state index contributed by atoms with van der Waals surface area (Å²) in [6, 6.07) is -3.55. The van der Waals surface area contributed by atoms with E-state index in [0.29, 0.717) is 51.0 Å². The summed E-state index contributed by atoms with van der Waals surface area (Å²) in [5, 5.41) is 10.6. The lowest BCUT2D eigenvalue weighted by Crippen LogP contribution is -2.66. The second-order valence-corrected chi connectivity index (χ2v) is 19.5. The number of piperidine rings is 1. The van der Waals surface area contributed by atoms with Crippen LogP contribution >= 0.6 is 0 Å². The van der Waals surface area contributed by atoms with Crippen LogP contribution in [0.15, 0.2) is 0 Å². The van der Waals surface area contributed by atoms with Crippen LogP contribution in [0, 0.1) is 40.9 Å². The minimum atomic E-state index is -3.39. The lowest BCUT2D eigenvalue weighted by atomic mass is 9.77. The number of nitrogens with zero attached hydrogens (tertiary/aromatic N) is 1. The van der Waals surface area contributed by atoms with Gasteiger partial charge in [-0.15, -0.1) is 6.42 Å². The van der Waals surface area contributed by atoms with E-state index >= 15 is 0 Å². The highest BCUT2D eigenvalue weighted by Crippen LogP contribution is 2.65. The number of hydrogen-bond donors (Lipinski definition) is 4. The molecule has 4 N–H and O–H groups in total. The van der Waals surface area contributed by atoms with Crippen LogP contribution in [0.1, 0.15) is 112 Å². The molecule has 0 aromatic rings. The number of nitrogens with one attached hydrogen (secondary N) is 4. The van der Waals surface area contributed by atoms with E-state index in [1.54, 1.807) is 0 Å². The standard InChI is InChI=1S/C37H57N5O7S/c1-7-20-38-32(45)29(43)25(17-16-23-14-15-23)39-31(44)28-27-24(36(27,5)6)22-42(28)33(46)30(35(2,3)4)40-34(47)41-37(18-10-8-11-19-37)26-13-9-12-21-50(26,48)49/h1,23-28,30H,8-22H2,2-6H3,(H,38,45)(H,39,44)(H2,40,41,47)/t24-,25-,26?,27-,28-,30+/m0/s1. The Bertz CT molecular complexity index is 1500. The average Bonchev–Trinajstić information content (AvgIpc) is 3.91. The van der Waals surface area contributed by atoms with Gasteiger partial charge in [-0.1, -0.05) is 79.1 Å². The summed E-state index contributed by atoms with van der Waals surface area (Å²) in [4.78, 5) is 69.9. The van der Waals surface area contributed by atoms with Gasteiger partial charge in [0.1, 0.15) is 12.1 Å². The van der Waals surface area contributed by atoms with E-state index in [0.717, 1.165) is 38.5 Å². The fraction of sp³-hybridized carbons (Fsp3) is 0.811. The summed E-state index contributed by atoms with van der Waals surface area (Å²) < 4.78 is 26.6. The van der Waals surface area contributed by atoms with Crippen LogP contribution in [0.2, 0.25) is 0 Å². The van der Waals surface area contributed by atoms with E-state index in [9.17, 15) is 32.4 Å². The fourth-order valence-corrected chi connectivity index (χ4v) is 11.4. The molecule has 2 heterocycles. The lowest BCUT2D eigenvalue weighted by Gasteiger charge is -2.45. The fourth-order valence-electron chi connectivity index (χ4n) is 9.02. The summed E-state index contributed by atoms with van der Waals surface area (Å²) in [7, 11) is -3.39. The van der Waals surface area contributed by atoms with Crippen molar-refractivity contribution in [2.45, 2.75) is 141 Å². The molecule has 5 fully saturated rings. The van der Waals surface area contributed by atoms with E-state index in [1.807, 2.05) is 20.8 Å². The summed E-state index contributed by atoms with van der Waals surface area (Å²) in [6.45, 7) is 9.85. The number of ketones is 1. The molecule has 0 bridgehead atoms. The predicted octanol–water partition coefficient (Wildman–Crippen LogP) is 2.85. The molecule has 5 rings (SSSR count). The number of likely N-dealkylation sites (tertiary alicyclic amines) is 1. The SMILES string of the molecule is C#CCNC(=O)C(=O)[C@H](CCC1CC1)NC(=O)[C@@H]1[C@@H]2[C@H](CN1C(=O)[C@@H](NC(=O)NC1(C3CCCCS3(=O)=O)CCCCC1)C(C)(C)C)C2(C)C. The molecule has 2 aliphatic heterocycles. The first-order chi connectivity index (χ1) is 23.4. The first-order valence-corrected chi connectivity index (χ1v) is 20.3. The first kappa shape index (κ1) is 38.1. The minimum Gasteiger partial charge on any atom is -0.344 e. The Balaban J connectivity index is 1.35. The Morgan fingerprint density at radius 3 is 2.24 bits per heavy atom. The molecule has 3 saturated carbocycles. The molecule has 6 atom stereocenters. The van der Waals surface area contributed by atoms with Crippen LogP contribution in [-0.2, 0) is 29.0 Å². The summed E-state index contributed by atoms with van der Waals surface area (Å²) in [6.07, 6.45) is 14.0. The molecule has 1 unspecified atom stereocenters. The van der Waals surface area contributed by atoms with Crippen LogP contribution < -0.4 is 21.3 Å². The molecule has 0 aromatic carbocycles. The van der Waals surface area contributed by atoms with E-state index in [2.05, 4.69) is 41.0 Å². The molecule has 12 nitrogen and oxygen atoms in total. The highest BCUT2D eigenvalue weighted by atomic mass is 32.2. The van der Waals surface area contributed by atoms with Gasteiger partial charge in [-0.05, 0) is 67.1 Å². The molecule has 50 heavy (non-hydrogen) atoms. The molecule has 3 aliphatic carbocycles. The van der Waals surface area contributed by atoms with Crippen molar-refractivity contribution in [1.29, 1.82) is 0 Å². The topological polar surface area (TPSA) is 171 Å². The van der Waals surface area contributed by atoms with Crippen LogP contribution in [0.5, 0.6) is 0 Å². The van der Waals surface area contributed by atoms with Gasteiger partial charge in [0.05, 0.1) is 29.1 Å². The van der Waals surface area contributed by atoms with Crippen LogP contribution in [0.4, 0.5) is 4.79 Å². The number of Topliss-reactive ketones (excluding diaryl/α,β-unsaturated/α-hetero) is 1. The number of terminal acetylenes is 1. The molecule has 5 amide bonds. The number of rotatable bonds is 12. The van der Waals surface area contributed by atoms with Gasteiger partial charge in [0.15, 0.2) is 9.84 Å². The molecule has 278 valence electrons. The van der Waals surface area contributed by atoms with Crippen molar-refractivity contribution in [1.82, 2.24) is 26.2 Å². The zero-order valence-corrected chi connectivity index (χ0v) is 31.3. The number of fused-ring (bicyclic) bond motifs is 1. The number of carbonyl (C=O) groups excluding carboxylic acids is 5. The third-order valence-electron chi connectivity index (χ3n) is 12.2. The maximum absolute atomic E-state index is 14.5. The molecule has 0 radical (unpaired) electrons. The number of hydrogen-bond acceptors (Lipinski definition) is 7. The third-order valence-corrected chi connectivity index (χ3v) is 14.6. The van der Waals surface area contributed by atoms with Crippen molar-refractivity contribution in [3.63, 3.8) is 0 Å². The normalized spacial score (nSPS) is 28.9. The number of carbonyl (C=O) groups is 5. The van der Waals surface area contributed by atoms with Crippen LogP contribution in [-0.4, -0.2) is 90.6 Å². The zero-order valence-electron chi connectivity index (χ0n) is 30.4. The molecular weight excluding hydrogens is 659 g/mol. The third kappa shape index (κ3) is 8.00. The van der Waals surface area contributed by atoms with Gasteiger partial charge in [-0.3, -0.25) is 19.2 Å². The Labute approximate surface area is 297 Å². The van der Waals surface area contributed by atoms with Crippen molar-refractivity contribution in [3.8, 4) is 12.3 Å². The predicted molar refractivity (Wildman–Crippen MR) is 189 cm³/mol. The zero-order chi connectivity index (χ0) is 36.6. The largest absolute Gasteiger partial charge is 0.344 e. The van der Waals surface area contributed by atoms with Gasteiger partial charge in [0.25, 0.3) is 5.91 Å². The number of urea groups is 1. The quantitative estimate of drug-likeness (QED) is 0.178. The number of amides is 5. The van der Waals surface area contributed by atoms with Crippen molar-refractivity contribution in [2.75, 3.05) is 18.8 Å². The highest BCUT2D eigenvalue weighted by Gasteiger charge is 2.70. The Hall–Kier alpha value is -3.14. The molecule has 0 aromatic heterocycles. The van der Waals surface area contributed by atoms with Gasteiger partial charge in [0.2, 0.25) is 17.6 Å². The van der Waals surface area contributed by atoms with E-state index in [4.69, 9.17) is 6.42 Å². The highest BCUT2D eigenvalue weighted by molar-refractivity contribution is 7.92. The van der Waals surface area contributed by atoms with E-state index in [1.165, 1.54) is 4.90 Å². The van der Waals surface area contributed by atoms with Crippen molar-refractivity contribution >= 4 is 39.4 Å². The molecule has 13 heteroatoms. The van der Waals surface area contributed by atoms with Gasteiger partial charge >= 0.3 is 6.03 Å². The van der Waals surface area contributed by atoms with Crippen molar-refractivity contribution in [3.05, 3.63) is 0 Å². The first-order valence-electron chi connectivity index (χ1n) is 18.6. The minimum absolute atomic E-state index is 0.0539.